The van der Waals surface area contributed by atoms with Crippen LogP contribution in [0.25, 0.3) is 0 Å². The molecule has 0 amide bonds. The molecule has 166 valence electrons. The van der Waals surface area contributed by atoms with Gasteiger partial charge in [0.25, 0.3) is 0 Å². The molecule has 0 N–H and O–H groups in total. The molecule has 2 aromatic rings. The van der Waals surface area contributed by atoms with Crippen LogP contribution < -0.4 is 0 Å². The highest BCUT2D eigenvalue weighted by Crippen LogP contribution is 2.51. The summed E-state index contributed by atoms with van der Waals surface area (Å²) in [6, 6.07) is 18.8. The maximum absolute atomic E-state index is 13.7. The molecule has 5 nitrogen and oxygen atoms in total. The molecule has 0 aliphatic carbocycles. The molecule has 2 aromatic carbocycles. The fourth-order valence-corrected chi connectivity index (χ4v) is 5.05. The Balaban J connectivity index is 2.06. The molecule has 3 rings (SSSR count). The number of ether oxygens (including phenoxy) is 2. The van der Waals surface area contributed by atoms with E-state index in [4.69, 9.17) is 13.9 Å². The van der Waals surface area contributed by atoms with E-state index in [1.165, 1.54) is 0 Å². The van der Waals surface area contributed by atoms with Crippen LogP contribution in [0.1, 0.15) is 44.9 Å². The molecular weight excluding hydrogens is 408 g/mol. The van der Waals surface area contributed by atoms with Gasteiger partial charge in [-0.05, 0) is 36.2 Å². The predicted molar refractivity (Wildman–Crippen MR) is 122 cm³/mol. The van der Waals surface area contributed by atoms with E-state index < -0.39 is 37.9 Å². The van der Waals surface area contributed by atoms with Crippen molar-refractivity contribution in [2.45, 2.75) is 64.1 Å². The zero-order valence-electron chi connectivity index (χ0n) is 19.2. The summed E-state index contributed by atoms with van der Waals surface area (Å²) in [5.41, 5.74) is 0.0407. The third kappa shape index (κ3) is 4.46. The maximum atomic E-state index is 13.7. The second-order valence-corrected chi connectivity index (χ2v) is 14.4. The van der Waals surface area contributed by atoms with E-state index in [2.05, 4.69) is 33.9 Å². The average Bonchev–Trinajstić information content (AvgIpc) is 2.98. The first kappa shape index (κ1) is 23.2. The molecule has 1 aliphatic heterocycles. The summed E-state index contributed by atoms with van der Waals surface area (Å²) in [5, 5.41) is -0.174. The van der Waals surface area contributed by atoms with Crippen molar-refractivity contribution < 1.29 is 23.5 Å². The molecular formula is C25H32O5Si. The van der Waals surface area contributed by atoms with Gasteiger partial charge in [-0.3, -0.25) is 4.79 Å². The van der Waals surface area contributed by atoms with Gasteiger partial charge in [-0.2, -0.15) is 0 Å². The average molecular weight is 441 g/mol. The van der Waals surface area contributed by atoms with Gasteiger partial charge in [-0.25, -0.2) is 4.79 Å². The van der Waals surface area contributed by atoms with Crippen molar-refractivity contribution in [2.75, 3.05) is 0 Å². The fourth-order valence-electron chi connectivity index (χ4n) is 3.53. The van der Waals surface area contributed by atoms with Crippen LogP contribution in [0.4, 0.5) is 0 Å². The number of rotatable bonds is 6. The summed E-state index contributed by atoms with van der Waals surface area (Å²) in [4.78, 5) is 26.5. The Labute approximate surface area is 185 Å². The topological polar surface area (TPSA) is 61.8 Å². The molecule has 0 radical (unpaired) electrons. The number of carbonyl (C=O) groups is 2. The number of cyclic esters (lactones) is 1. The van der Waals surface area contributed by atoms with E-state index in [1.54, 1.807) is 6.92 Å². The monoisotopic (exact) mass is 440 g/mol. The van der Waals surface area contributed by atoms with Gasteiger partial charge in [0.2, 0.25) is 5.60 Å². The molecule has 0 unspecified atom stereocenters. The van der Waals surface area contributed by atoms with Crippen LogP contribution in [-0.4, -0.2) is 25.9 Å². The lowest BCUT2D eigenvalue weighted by Crippen LogP contribution is -2.58. The van der Waals surface area contributed by atoms with Crippen molar-refractivity contribution in [1.82, 2.24) is 0 Å². The zero-order valence-corrected chi connectivity index (χ0v) is 20.2. The van der Waals surface area contributed by atoms with Crippen LogP contribution in [0.15, 0.2) is 60.7 Å². The maximum Gasteiger partial charge on any atom is 0.342 e. The highest BCUT2D eigenvalue weighted by molar-refractivity contribution is 6.74. The summed E-state index contributed by atoms with van der Waals surface area (Å²) in [6.45, 7) is 12.2. The van der Waals surface area contributed by atoms with Crippen LogP contribution in [0.3, 0.4) is 0 Å². The third-order valence-electron chi connectivity index (χ3n) is 6.48. The summed E-state index contributed by atoms with van der Waals surface area (Å²) >= 11 is 0. The van der Waals surface area contributed by atoms with Crippen LogP contribution in [0.2, 0.25) is 18.1 Å². The molecule has 1 fully saturated rings. The van der Waals surface area contributed by atoms with Crippen molar-refractivity contribution >= 4 is 20.3 Å². The summed E-state index contributed by atoms with van der Waals surface area (Å²) in [5.74, 6) is -1.81. The zero-order chi connectivity index (χ0) is 22.9. The van der Waals surface area contributed by atoms with Crippen molar-refractivity contribution in [3.05, 3.63) is 71.8 Å². The first-order valence-electron chi connectivity index (χ1n) is 10.7. The quantitative estimate of drug-likeness (QED) is 0.443. The van der Waals surface area contributed by atoms with Crippen LogP contribution >= 0.6 is 0 Å². The lowest BCUT2D eigenvalue weighted by atomic mass is 9.83. The van der Waals surface area contributed by atoms with Gasteiger partial charge >= 0.3 is 11.9 Å². The molecule has 6 heteroatoms. The van der Waals surface area contributed by atoms with Crippen molar-refractivity contribution in [2.24, 2.45) is 5.92 Å². The van der Waals surface area contributed by atoms with Crippen LogP contribution in [0, 0.1) is 5.92 Å². The summed E-state index contributed by atoms with van der Waals surface area (Å²) < 4.78 is 18.3. The highest BCUT2D eigenvalue weighted by atomic mass is 28.4. The second-order valence-electron chi connectivity index (χ2n) is 9.67. The largest absolute Gasteiger partial charge is 0.459 e. The number of hydrogen-bond donors (Lipinski definition) is 0. The number of carbonyl (C=O) groups excluding carboxylic acids is 2. The van der Waals surface area contributed by atoms with Crippen molar-refractivity contribution in [3.8, 4) is 0 Å². The van der Waals surface area contributed by atoms with Crippen molar-refractivity contribution in [1.29, 1.82) is 0 Å². The summed E-state index contributed by atoms with van der Waals surface area (Å²) in [6.07, 6.45) is -0.867. The normalized spacial score (nSPS) is 24.0. The van der Waals surface area contributed by atoms with Gasteiger partial charge in [0.15, 0.2) is 14.4 Å². The molecule has 1 saturated heterocycles. The molecule has 3 atom stereocenters. The van der Waals surface area contributed by atoms with E-state index in [9.17, 15) is 9.59 Å². The standard InChI is InChI=1S/C25H32O5Si/c1-18-22(26)29-21(20-15-11-8-12-16-20)25(18,30-31(5,6)24(2,3)4)23(27)28-17-19-13-9-7-10-14-19/h7-16,18,21H,17H2,1-6H3/t18-,21+,25+/m1/s1. The first-order chi connectivity index (χ1) is 14.5. The van der Waals surface area contributed by atoms with E-state index in [-0.39, 0.29) is 11.6 Å². The Bertz CT molecular complexity index is 920. The van der Waals surface area contributed by atoms with Gasteiger partial charge in [0.1, 0.15) is 6.61 Å². The summed E-state index contributed by atoms with van der Waals surface area (Å²) in [7, 11) is -2.49. The molecule has 1 aliphatic rings. The Morgan fingerprint density at radius 1 is 1.03 bits per heavy atom. The van der Waals surface area contributed by atoms with E-state index in [1.807, 2.05) is 60.7 Å². The minimum Gasteiger partial charge on any atom is -0.459 e. The van der Waals surface area contributed by atoms with E-state index in [0.717, 1.165) is 11.1 Å². The first-order valence-corrected chi connectivity index (χ1v) is 13.6. The van der Waals surface area contributed by atoms with Gasteiger partial charge < -0.3 is 13.9 Å². The smallest absolute Gasteiger partial charge is 0.342 e. The molecule has 31 heavy (non-hydrogen) atoms. The Kier molecular flexibility index (Phi) is 6.44. The lowest BCUT2D eigenvalue weighted by molar-refractivity contribution is -0.174. The van der Waals surface area contributed by atoms with Gasteiger partial charge in [0.05, 0.1) is 5.92 Å². The predicted octanol–water partition coefficient (Wildman–Crippen LogP) is 5.42. The minimum atomic E-state index is -2.49. The van der Waals surface area contributed by atoms with E-state index in [0.29, 0.717) is 0 Å². The van der Waals surface area contributed by atoms with Gasteiger partial charge in [-0.1, -0.05) is 81.4 Å². The third-order valence-corrected chi connectivity index (χ3v) is 10.9. The SMILES string of the molecule is C[C@@H]1C(=O)O[C@@H](c2ccccc2)[C@]1(O[Si](C)(C)C(C)(C)C)C(=O)OCc1ccccc1. The Morgan fingerprint density at radius 3 is 2.13 bits per heavy atom. The molecule has 0 bridgehead atoms. The molecule has 0 saturated carbocycles. The molecule has 0 aromatic heterocycles. The van der Waals surface area contributed by atoms with Gasteiger partial charge in [0, 0.05) is 0 Å². The Hall–Kier alpha value is -2.44. The lowest BCUT2D eigenvalue weighted by Gasteiger charge is -2.45. The number of benzene rings is 2. The number of esters is 2. The Morgan fingerprint density at radius 2 is 1.58 bits per heavy atom. The van der Waals surface area contributed by atoms with Crippen LogP contribution in [-0.2, 0) is 30.1 Å². The number of hydrogen-bond acceptors (Lipinski definition) is 5. The fraction of sp³-hybridized carbons (Fsp3) is 0.440. The van der Waals surface area contributed by atoms with Crippen molar-refractivity contribution in [3.63, 3.8) is 0 Å². The van der Waals surface area contributed by atoms with E-state index >= 15 is 0 Å². The molecule has 1 heterocycles. The molecule has 0 spiro atoms. The highest BCUT2D eigenvalue weighted by Gasteiger charge is 2.65. The minimum absolute atomic E-state index is 0.102. The second kappa shape index (κ2) is 8.59. The van der Waals surface area contributed by atoms with Crippen LogP contribution in [0.5, 0.6) is 0 Å². The van der Waals surface area contributed by atoms with Gasteiger partial charge in [-0.15, -0.1) is 0 Å².